The van der Waals surface area contributed by atoms with Gasteiger partial charge in [-0.15, -0.1) is 29.3 Å². The number of benzene rings is 1. The Morgan fingerprint density at radius 1 is 1.26 bits per heavy atom. The van der Waals surface area contributed by atoms with Gasteiger partial charge in [0, 0.05) is 11.9 Å². The molecule has 0 saturated heterocycles. The molecule has 0 fully saturated rings. The molecule has 3 aromatic rings. The van der Waals surface area contributed by atoms with E-state index < -0.39 is 0 Å². The van der Waals surface area contributed by atoms with Gasteiger partial charge in [-0.05, 0) is 42.5 Å². The van der Waals surface area contributed by atoms with Crippen LogP contribution in [0.4, 0.5) is 0 Å². The Labute approximate surface area is 167 Å². The molecule has 0 unspecified atom stereocenters. The van der Waals surface area contributed by atoms with Gasteiger partial charge in [0.2, 0.25) is 0 Å². The van der Waals surface area contributed by atoms with E-state index in [2.05, 4.69) is 31.5 Å². The number of thiophene rings is 1. The molecule has 2 aromatic heterocycles. The summed E-state index contributed by atoms with van der Waals surface area (Å²) in [6, 6.07) is 9.77. The summed E-state index contributed by atoms with van der Waals surface area (Å²) >= 11 is 3.00. The van der Waals surface area contributed by atoms with E-state index in [-0.39, 0.29) is 5.91 Å². The minimum atomic E-state index is 0.00563. The smallest absolute Gasteiger partial charge is 0.264 e. The minimum absolute atomic E-state index is 0.00563. The average Bonchev–Trinajstić information content (AvgIpc) is 3.34. The van der Waals surface area contributed by atoms with Gasteiger partial charge in [0.1, 0.15) is 17.4 Å². The first kappa shape index (κ1) is 19.3. The van der Waals surface area contributed by atoms with E-state index in [1.54, 1.807) is 22.3 Å². The molecule has 0 N–H and O–H groups in total. The highest BCUT2D eigenvalue weighted by Gasteiger charge is 2.17. The summed E-state index contributed by atoms with van der Waals surface area (Å²) < 4.78 is 5.93. The van der Waals surface area contributed by atoms with Crippen LogP contribution < -0.4 is 4.74 Å². The van der Waals surface area contributed by atoms with Crippen molar-refractivity contribution in [3.8, 4) is 5.75 Å². The van der Waals surface area contributed by atoms with Gasteiger partial charge in [-0.1, -0.05) is 24.3 Å². The maximum Gasteiger partial charge on any atom is 0.264 e. The molecule has 2 heterocycles. The number of thiazole rings is 1. The zero-order chi connectivity index (χ0) is 19.2. The van der Waals surface area contributed by atoms with Gasteiger partial charge in [0.15, 0.2) is 0 Å². The zero-order valence-electron chi connectivity index (χ0n) is 15.5. The summed E-state index contributed by atoms with van der Waals surface area (Å²) in [6.45, 7) is 9.27. The van der Waals surface area contributed by atoms with Gasteiger partial charge < -0.3 is 9.64 Å². The lowest BCUT2D eigenvalue weighted by atomic mass is 10.1. The fourth-order valence-electron chi connectivity index (χ4n) is 2.63. The van der Waals surface area contributed by atoms with Gasteiger partial charge in [-0.3, -0.25) is 4.79 Å². The zero-order valence-corrected chi connectivity index (χ0v) is 17.1. The number of rotatable bonds is 8. The van der Waals surface area contributed by atoms with Crippen LogP contribution in [0, 0.1) is 13.8 Å². The Bertz CT molecular complexity index is 916. The lowest BCUT2D eigenvalue weighted by Crippen LogP contribution is -2.30. The first-order valence-corrected chi connectivity index (χ1v) is 10.4. The molecule has 0 atom stereocenters. The number of ether oxygens (including phenoxy) is 1. The molecule has 0 bridgehead atoms. The van der Waals surface area contributed by atoms with Crippen molar-refractivity contribution < 1.29 is 9.53 Å². The third-order valence-corrected chi connectivity index (χ3v) is 5.96. The van der Waals surface area contributed by atoms with Crippen LogP contribution in [0.3, 0.4) is 0 Å². The molecule has 0 radical (unpaired) electrons. The molecule has 3 rings (SSSR count). The molecular weight excluding hydrogens is 376 g/mol. The molecule has 0 saturated carbocycles. The minimum Gasteiger partial charge on any atom is -0.486 e. The van der Waals surface area contributed by atoms with Gasteiger partial charge in [-0.2, -0.15) is 0 Å². The second-order valence-electron chi connectivity index (χ2n) is 6.17. The van der Waals surface area contributed by atoms with Crippen molar-refractivity contribution in [2.45, 2.75) is 27.0 Å². The number of hydrogen-bond acceptors (Lipinski definition) is 5. The summed E-state index contributed by atoms with van der Waals surface area (Å²) in [5.41, 5.74) is 3.22. The molecule has 0 aliphatic heterocycles. The van der Waals surface area contributed by atoms with Gasteiger partial charge in [0.05, 0.1) is 17.1 Å². The molecule has 140 valence electrons. The molecule has 0 spiro atoms. The van der Waals surface area contributed by atoms with E-state index in [9.17, 15) is 4.79 Å². The lowest BCUT2D eigenvalue weighted by Gasteiger charge is -2.19. The summed E-state index contributed by atoms with van der Waals surface area (Å²) in [4.78, 5) is 19.7. The molecule has 1 aromatic carbocycles. The molecule has 0 aliphatic rings. The first-order valence-electron chi connectivity index (χ1n) is 8.64. The van der Waals surface area contributed by atoms with Crippen LogP contribution in [0.1, 0.15) is 31.5 Å². The maximum atomic E-state index is 12.6. The van der Waals surface area contributed by atoms with E-state index in [1.165, 1.54) is 16.9 Å². The van der Waals surface area contributed by atoms with Crippen LogP contribution in [0.15, 0.2) is 53.7 Å². The monoisotopic (exact) mass is 398 g/mol. The molecule has 1 amide bonds. The number of aryl methyl sites for hydroxylation is 1. The molecule has 6 heteroatoms. The van der Waals surface area contributed by atoms with E-state index in [0.29, 0.717) is 19.7 Å². The third kappa shape index (κ3) is 4.84. The number of carbonyl (C=O) groups is 1. The summed E-state index contributed by atoms with van der Waals surface area (Å²) in [5, 5.41) is 4.79. The van der Waals surface area contributed by atoms with E-state index in [4.69, 9.17) is 4.74 Å². The van der Waals surface area contributed by atoms with Crippen LogP contribution in [-0.4, -0.2) is 22.3 Å². The number of amides is 1. The predicted octanol–water partition coefficient (Wildman–Crippen LogP) is 5.23. The highest BCUT2D eigenvalue weighted by Crippen LogP contribution is 2.23. The van der Waals surface area contributed by atoms with E-state index >= 15 is 0 Å². The number of hydrogen-bond donors (Lipinski definition) is 0. The molecule has 27 heavy (non-hydrogen) atoms. The van der Waals surface area contributed by atoms with Gasteiger partial charge in [-0.25, -0.2) is 4.98 Å². The predicted molar refractivity (Wildman–Crippen MR) is 112 cm³/mol. The van der Waals surface area contributed by atoms with Crippen LogP contribution in [0.5, 0.6) is 5.75 Å². The van der Waals surface area contributed by atoms with Crippen molar-refractivity contribution in [1.82, 2.24) is 9.88 Å². The van der Waals surface area contributed by atoms with Gasteiger partial charge in [0.25, 0.3) is 5.91 Å². The number of carbonyl (C=O) groups excluding carboxylic acids is 1. The third-order valence-electron chi connectivity index (χ3n) is 4.23. The van der Waals surface area contributed by atoms with Crippen LogP contribution in [-0.2, 0) is 13.2 Å². The largest absolute Gasteiger partial charge is 0.486 e. The van der Waals surface area contributed by atoms with Crippen LogP contribution in [0.25, 0.3) is 0 Å². The fourth-order valence-corrected chi connectivity index (χ4v) is 4.02. The second kappa shape index (κ2) is 8.97. The van der Waals surface area contributed by atoms with Crippen molar-refractivity contribution in [2.75, 3.05) is 6.54 Å². The standard InChI is InChI=1S/C21H22N2O2S2/c1-4-10-23(21(24)19-9-6-11-26-19)12-17-14-27-20(22-17)13-25-18-8-5-7-15(2)16(18)3/h4-9,11,14H,1,10,12-13H2,2-3H3. The Balaban J connectivity index is 1.64. The summed E-state index contributed by atoms with van der Waals surface area (Å²) in [5.74, 6) is 0.888. The van der Waals surface area contributed by atoms with Crippen LogP contribution >= 0.6 is 22.7 Å². The fraction of sp³-hybridized carbons (Fsp3) is 0.238. The molecular formula is C21H22N2O2S2. The molecule has 0 aliphatic carbocycles. The Morgan fingerprint density at radius 3 is 2.85 bits per heavy atom. The second-order valence-corrected chi connectivity index (χ2v) is 8.06. The quantitative estimate of drug-likeness (QED) is 0.488. The van der Waals surface area contributed by atoms with Crippen molar-refractivity contribution >= 4 is 28.6 Å². The van der Waals surface area contributed by atoms with E-state index in [0.717, 1.165) is 26.9 Å². The Kier molecular flexibility index (Phi) is 6.42. The van der Waals surface area contributed by atoms with Crippen molar-refractivity contribution in [1.29, 1.82) is 0 Å². The number of aromatic nitrogens is 1. The Morgan fingerprint density at radius 2 is 2.11 bits per heavy atom. The highest BCUT2D eigenvalue weighted by molar-refractivity contribution is 7.12. The first-order chi connectivity index (χ1) is 13.1. The van der Waals surface area contributed by atoms with Crippen LogP contribution in [0.2, 0.25) is 0 Å². The maximum absolute atomic E-state index is 12.6. The highest BCUT2D eigenvalue weighted by atomic mass is 32.1. The Hall–Kier alpha value is -2.44. The van der Waals surface area contributed by atoms with Gasteiger partial charge >= 0.3 is 0 Å². The average molecular weight is 399 g/mol. The summed E-state index contributed by atoms with van der Waals surface area (Å²) in [6.07, 6.45) is 1.74. The lowest BCUT2D eigenvalue weighted by molar-refractivity contribution is 0.0766. The molecule has 4 nitrogen and oxygen atoms in total. The normalized spacial score (nSPS) is 10.6. The van der Waals surface area contributed by atoms with Crippen molar-refractivity contribution in [3.05, 3.63) is 80.5 Å². The SMILES string of the molecule is C=CCN(Cc1csc(COc2cccc(C)c2C)n1)C(=O)c1cccs1. The number of nitrogens with zero attached hydrogens (tertiary/aromatic N) is 2. The topological polar surface area (TPSA) is 42.4 Å². The van der Waals surface area contributed by atoms with Crippen molar-refractivity contribution in [3.63, 3.8) is 0 Å². The van der Waals surface area contributed by atoms with E-state index in [1.807, 2.05) is 35.0 Å². The summed E-state index contributed by atoms with van der Waals surface area (Å²) in [7, 11) is 0. The van der Waals surface area contributed by atoms with Crippen molar-refractivity contribution in [2.24, 2.45) is 0 Å².